The molecule has 0 unspecified atom stereocenters. The van der Waals surface area contributed by atoms with Crippen LogP contribution < -0.4 is 15.5 Å². The molecule has 0 aromatic heterocycles. The van der Waals surface area contributed by atoms with Gasteiger partial charge in [-0.15, -0.1) is 0 Å². The molecule has 26 heavy (non-hydrogen) atoms. The van der Waals surface area contributed by atoms with E-state index in [1.807, 2.05) is 30.3 Å². The summed E-state index contributed by atoms with van der Waals surface area (Å²) in [6, 6.07) is 16.3. The van der Waals surface area contributed by atoms with E-state index >= 15 is 0 Å². The minimum atomic E-state index is -0.480. The van der Waals surface area contributed by atoms with E-state index in [-0.39, 0.29) is 6.42 Å². The number of rotatable bonds is 8. The summed E-state index contributed by atoms with van der Waals surface area (Å²) in [5.74, 6) is 0.380. The van der Waals surface area contributed by atoms with Crippen molar-refractivity contribution in [2.75, 3.05) is 11.9 Å². The molecule has 2 N–H and O–H groups in total. The molecule has 0 aliphatic heterocycles. The van der Waals surface area contributed by atoms with Crippen LogP contribution in [0.25, 0.3) is 0 Å². The summed E-state index contributed by atoms with van der Waals surface area (Å²) in [6.07, 6.45) is 1.22. The lowest BCUT2D eigenvalue weighted by Crippen LogP contribution is -2.24. The average Bonchev–Trinajstić information content (AvgIpc) is 2.61. The van der Waals surface area contributed by atoms with E-state index in [0.717, 1.165) is 11.3 Å². The van der Waals surface area contributed by atoms with Gasteiger partial charge < -0.3 is 10.1 Å². The minimum Gasteiger partial charge on any atom is -0.493 e. The SMILES string of the molecule is CC(C)COc1ccc(C=NNC(=O)CC(=O)Nc2ccccc2)cc1. The predicted octanol–water partition coefficient (Wildman–Crippen LogP) is 3.20. The number of amides is 2. The normalized spacial score (nSPS) is 10.7. The highest BCUT2D eigenvalue weighted by atomic mass is 16.5. The highest BCUT2D eigenvalue weighted by molar-refractivity contribution is 6.03. The molecule has 2 aromatic rings. The Bertz CT molecular complexity index is 741. The number of carbonyl (C=O) groups excluding carboxylic acids is 2. The third-order valence-corrected chi connectivity index (χ3v) is 3.24. The fraction of sp³-hybridized carbons (Fsp3) is 0.250. The van der Waals surface area contributed by atoms with E-state index < -0.39 is 11.8 Å². The zero-order valence-corrected chi connectivity index (χ0v) is 14.9. The van der Waals surface area contributed by atoms with Crippen molar-refractivity contribution in [3.8, 4) is 5.75 Å². The van der Waals surface area contributed by atoms with Crippen LogP contribution in [0.4, 0.5) is 5.69 Å². The van der Waals surface area contributed by atoms with E-state index in [9.17, 15) is 9.59 Å². The molecule has 6 nitrogen and oxygen atoms in total. The number of para-hydroxylation sites is 1. The largest absolute Gasteiger partial charge is 0.493 e. The summed E-state index contributed by atoms with van der Waals surface area (Å²) in [6.45, 7) is 4.84. The van der Waals surface area contributed by atoms with Crippen LogP contribution in [0.2, 0.25) is 0 Å². The maximum Gasteiger partial charge on any atom is 0.249 e. The molecule has 2 amide bonds. The molecule has 0 radical (unpaired) electrons. The van der Waals surface area contributed by atoms with Crippen molar-refractivity contribution in [1.82, 2.24) is 5.43 Å². The molecule has 0 aliphatic rings. The molecule has 0 atom stereocenters. The maximum atomic E-state index is 11.8. The first-order valence-electron chi connectivity index (χ1n) is 8.42. The van der Waals surface area contributed by atoms with E-state index in [1.165, 1.54) is 6.21 Å². The van der Waals surface area contributed by atoms with Crippen molar-refractivity contribution < 1.29 is 14.3 Å². The second-order valence-electron chi connectivity index (χ2n) is 6.16. The second-order valence-corrected chi connectivity index (χ2v) is 6.16. The van der Waals surface area contributed by atoms with Crippen molar-refractivity contribution in [2.24, 2.45) is 11.0 Å². The van der Waals surface area contributed by atoms with Crippen LogP contribution >= 0.6 is 0 Å². The van der Waals surface area contributed by atoms with Crippen LogP contribution in [0.5, 0.6) is 5.75 Å². The third kappa shape index (κ3) is 7.17. The molecule has 0 saturated carbocycles. The van der Waals surface area contributed by atoms with E-state index in [2.05, 4.69) is 29.7 Å². The van der Waals surface area contributed by atoms with Gasteiger partial charge in [-0.1, -0.05) is 32.0 Å². The Kier molecular flexibility index (Phi) is 7.36. The van der Waals surface area contributed by atoms with Crippen LogP contribution in [0, 0.1) is 5.92 Å². The van der Waals surface area contributed by atoms with Crippen molar-refractivity contribution >= 4 is 23.7 Å². The first-order chi connectivity index (χ1) is 12.5. The van der Waals surface area contributed by atoms with Crippen LogP contribution in [0.15, 0.2) is 59.7 Å². The Morgan fingerprint density at radius 2 is 1.73 bits per heavy atom. The molecular weight excluding hydrogens is 330 g/mol. The van der Waals surface area contributed by atoms with Gasteiger partial charge in [0, 0.05) is 5.69 Å². The standard InChI is InChI=1S/C20H23N3O3/c1-15(2)14-26-18-10-8-16(9-11-18)13-21-23-20(25)12-19(24)22-17-6-4-3-5-7-17/h3-11,13,15H,12,14H2,1-2H3,(H,22,24)(H,23,25). The molecule has 6 heteroatoms. The summed E-state index contributed by atoms with van der Waals surface area (Å²) in [5, 5.41) is 6.50. The number of hydrogen-bond acceptors (Lipinski definition) is 4. The van der Waals surface area contributed by atoms with Crippen LogP contribution in [0.3, 0.4) is 0 Å². The molecule has 0 heterocycles. The van der Waals surface area contributed by atoms with Crippen molar-refractivity contribution in [2.45, 2.75) is 20.3 Å². The highest BCUT2D eigenvalue weighted by Gasteiger charge is 2.08. The van der Waals surface area contributed by atoms with Crippen LogP contribution in [0.1, 0.15) is 25.8 Å². The number of nitrogens with zero attached hydrogens (tertiary/aromatic N) is 1. The van der Waals surface area contributed by atoms with Gasteiger partial charge in [-0.3, -0.25) is 9.59 Å². The quantitative estimate of drug-likeness (QED) is 0.434. The van der Waals surface area contributed by atoms with Gasteiger partial charge in [-0.05, 0) is 47.9 Å². The average molecular weight is 353 g/mol. The molecule has 2 rings (SSSR count). The number of hydrazone groups is 1. The Hall–Kier alpha value is -3.15. The van der Waals surface area contributed by atoms with Gasteiger partial charge in [0.15, 0.2) is 0 Å². The number of hydrogen-bond donors (Lipinski definition) is 2. The molecular formula is C20H23N3O3. The monoisotopic (exact) mass is 353 g/mol. The topological polar surface area (TPSA) is 79.8 Å². The molecule has 0 bridgehead atoms. The van der Waals surface area contributed by atoms with Crippen LogP contribution in [-0.2, 0) is 9.59 Å². The summed E-state index contributed by atoms with van der Waals surface area (Å²) in [4.78, 5) is 23.5. The smallest absolute Gasteiger partial charge is 0.249 e. The van der Waals surface area contributed by atoms with Gasteiger partial charge in [0.05, 0.1) is 12.8 Å². The Labute approximate surface area is 153 Å². The van der Waals surface area contributed by atoms with Gasteiger partial charge in [0.1, 0.15) is 12.2 Å². The fourth-order valence-electron chi connectivity index (χ4n) is 2.00. The number of nitrogens with one attached hydrogen (secondary N) is 2. The highest BCUT2D eigenvalue weighted by Crippen LogP contribution is 2.12. The van der Waals surface area contributed by atoms with Gasteiger partial charge in [0.2, 0.25) is 11.8 Å². The predicted molar refractivity (Wildman–Crippen MR) is 102 cm³/mol. The number of anilines is 1. The zero-order valence-electron chi connectivity index (χ0n) is 14.9. The molecule has 2 aromatic carbocycles. The lowest BCUT2D eigenvalue weighted by Gasteiger charge is -2.08. The number of ether oxygens (including phenoxy) is 1. The van der Waals surface area contributed by atoms with E-state index in [4.69, 9.17) is 4.74 Å². The lowest BCUT2D eigenvalue weighted by molar-refractivity contribution is -0.126. The van der Waals surface area contributed by atoms with Crippen LogP contribution in [-0.4, -0.2) is 24.6 Å². The molecule has 0 saturated heterocycles. The Morgan fingerprint density at radius 3 is 2.38 bits per heavy atom. The molecule has 136 valence electrons. The summed E-state index contributed by atoms with van der Waals surface area (Å²) >= 11 is 0. The Morgan fingerprint density at radius 1 is 1.04 bits per heavy atom. The van der Waals surface area contributed by atoms with E-state index in [0.29, 0.717) is 18.2 Å². The van der Waals surface area contributed by atoms with Crippen molar-refractivity contribution in [3.63, 3.8) is 0 Å². The summed E-state index contributed by atoms with van der Waals surface area (Å²) < 4.78 is 5.60. The Balaban J connectivity index is 1.75. The van der Waals surface area contributed by atoms with Crippen molar-refractivity contribution in [1.29, 1.82) is 0 Å². The first kappa shape index (κ1) is 19.2. The van der Waals surface area contributed by atoms with Gasteiger partial charge >= 0.3 is 0 Å². The summed E-state index contributed by atoms with van der Waals surface area (Å²) in [7, 11) is 0. The zero-order chi connectivity index (χ0) is 18.8. The van der Waals surface area contributed by atoms with E-state index in [1.54, 1.807) is 24.3 Å². The third-order valence-electron chi connectivity index (χ3n) is 3.24. The first-order valence-corrected chi connectivity index (χ1v) is 8.42. The lowest BCUT2D eigenvalue weighted by atomic mass is 10.2. The van der Waals surface area contributed by atoms with Gasteiger partial charge in [0.25, 0.3) is 0 Å². The molecule has 0 fully saturated rings. The second kappa shape index (κ2) is 9.98. The molecule has 0 aliphatic carbocycles. The fourth-order valence-corrected chi connectivity index (χ4v) is 2.00. The maximum absolute atomic E-state index is 11.8. The van der Waals surface area contributed by atoms with Gasteiger partial charge in [-0.2, -0.15) is 5.10 Å². The summed E-state index contributed by atoms with van der Waals surface area (Å²) in [5.41, 5.74) is 3.80. The van der Waals surface area contributed by atoms with Crippen molar-refractivity contribution in [3.05, 3.63) is 60.2 Å². The van der Waals surface area contributed by atoms with Gasteiger partial charge in [-0.25, -0.2) is 5.43 Å². The number of carbonyl (C=O) groups is 2. The minimum absolute atomic E-state index is 0.297. The molecule has 0 spiro atoms. The number of benzene rings is 2.